The van der Waals surface area contributed by atoms with Crippen molar-refractivity contribution in [1.82, 2.24) is 31.1 Å². The second-order valence-electron chi connectivity index (χ2n) is 16.9. The number of likely N-dealkylation sites (tertiary alicyclic amines) is 1. The number of Topliss-reactive ketones (excluding diaryl/α,β-unsaturated/α-hetero) is 1. The van der Waals surface area contributed by atoms with Gasteiger partial charge in [-0.2, -0.15) is 13.2 Å². The maximum absolute atomic E-state index is 14.2. The van der Waals surface area contributed by atoms with Crippen LogP contribution in [0.5, 0.6) is 0 Å². The monoisotopic (exact) mass is 794 g/mol. The van der Waals surface area contributed by atoms with E-state index in [1.165, 1.54) is 23.9 Å². The van der Waals surface area contributed by atoms with Crippen molar-refractivity contribution in [1.29, 1.82) is 0 Å². The van der Waals surface area contributed by atoms with Crippen LogP contribution in [0.25, 0.3) is 0 Å². The fraction of sp³-hybridized carbons (Fsp3) is 0.667. The highest BCUT2D eigenvalue weighted by molar-refractivity contribution is 6.38. The van der Waals surface area contributed by atoms with Gasteiger partial charge in [-0.3, -0.25) is 28.8 Å². The van der Waals surface area contributed by atoms with Gasteiger partial charge in [-0.05, 0) is 61.8 Å². The number of alkyl carbamates (subject to hydrolysis) is 1. The van der Waals surface area contributed by atoms with Crippen LogP contribution in [0, 0.1) is 23.2 Å². The van der Waals surface area contributed by atoms with Gasteiger partial charge in [0.1, 0.15) is 18.1 Å². The first-order chi connectivity index (χ1) is 25.8. The first-order valence-electron chi connectivity index (χ1n) is 18.9. The van der Waals surface area contributed by atoms with Crippen molar-refractivity contribution in [3.05, 3.63) is 35.9 Å². The van der Waals surface area contributed by atoms with Gasteiger partial charge < -0.3 is 35.8 Å². The van der Waals surface area contributed by atoms with E-state index in [1.807, 2.05) is 13.8 Å². The van der Waals surface area contributed by atoms with Crippen LogP contribution in [-0.4, -0.2) is 108 Å². The smallest absolute Gasteiger partial charge is 0.427 e. The predicted molar refractivity (Wildman–Crippen MR) is 199 cm³/mol. The van der Waals surface area contributed by atoms with E-state index in [0.29, 0.717) is 32.3 Å². The molecular formula is C39H57F3N6O8. The van der Waals surface area contributed by atoms with Crippen LogP contribution in [-0.2, 0) is 33.5 Å². The molecule has 3 rings (SSSR count). The van der Waals surface area contributed by atoms with Gasteiger partial charge in [-0.25, -0.2) is 4.79 Å². The summed E-state index contributed by atoms with van der Waals surface area (Å²) in [7, 11) is 3.06. The Morgan fingerprint density at radius 1 is 0.875 bits per heavy atom. The van der Waals surface area contributed by atoms with E-state index in [1.54, 1.807) is 51.1 Å². The second-order valence-corrected chi connectivity index (χ2v) is 16.9. The number of hydrogen-bond acceptors (Lipinski definition) is 8. The number of benzene rings is 1. The van der Waals surface area contributed by atoms with Crippen LogP contribution in [0.1, 0.15) is 92.2 Å². The molecule has 1 heterocycles. The van der Waals surface area contributed by atoms with Gasteiger partial charge in [0.25, 0.3) is 5.91 Å². The number of halogens is 3. The average Bonchev–Trinajstić information content (AvgIpc) is 3.82. The number of rotatable bonds is 16. The van der Waals surface area contributed by atoms with E-state index in [-0.39, 0.29) is 30.7 Å². The lowest BCUT2D eigenvalue weighted by Crippen LogP contribution is -2.60. The SMILES string of the molecule is CC(C)CC1CCN(C(=O)C(NC(=O)OC(C)(C)C(F)(F)F)C(C)(C)C)C1C(=O)NC(CC1CC1)C(=O)C(=O)NCC(=O)N[C@H](C(=O)N(C)C)c1ccccc1. The Bertz CT molecular complexity index is 1610. The number of nitrogens with zero attached hydrogens (tertiary/aromatic N) is 2. The third kappa shape index (κ3) is 12.4. The molecule has 1 aliphatic carbocycles. The summed E-state index contributed by atoms with van der Waals surface area (Å²) in [5.74, 6) is -4.93. The normalized spacial score (nSPS) is 19.0. The molecular weight excluding hydrogens is 737 g/mol. The highest BCUT2D eigenvalue weighted by Gasteiger charge is 2.52. The molecule has 4 unspecified atom stereocenters. The number of carbonyl (C=O) groups excluding carboxylic acids is 7. The number of ether oxygens (including phenoxy) is 1. The molecule has 1 aromatic rings. The van der Waals surface area contributed by atoms with Gasteiger partial charge >= 0.3 is 12.3 Å². The zero-order valence-electron chi connectivity index (χ0n) is 33.7. The lowest BCUT2D eigenvalue weighted by molar-refractivity contribution is -0.244. The van der Waals surface area contributed by atoms with Crippen molar-refractivity contribution in [3.8, 4) is 0 Å². The summed E-state index contributed by atoms with van der Waals surface area (Å²) in [5, 5.41) is 9.88. The number of carbonyl (C=O) groups is 7. The third-order valence-electron chi connectivity index (χ3n) is 9.91. The molecule has 1 saturated carbocycles. The summed E-state index contributed by atoms with van der Waals surface area (Å²) in [5.41, 5.74) is -3.37. The molecule has 5 atom stereocenters. The largest absolute Gasteiger partial charge is 0.434 e. The maximum atomic E-state index is 14.2. The van der Waals surface area contributed by atoms with Crippen molar-refractivity contribution >= 4 is 41.4 Å². The Morgan fingerprint density at radius 2 is 1.48 bits per heavy atom. The van der Waals surface area contributed by atoms with E-state index < -0.39 is 89.3 Å². The van der Waals surface area contributed by atoms with Gasteiger partial charge in [-0.1, -0.05) is 77.8 Å². The standard InChI is InChI=1S/C39H57F3N6O8/c1-22(2)19-25-17-18-48(35(54)31(37(3,4)5)46-36(55)56-38(6,7)39(40,41)42)29(25)32(51)44-26(20-23-15-16-23)30(50)33(52)43-21-27(49)45-28(34(53)47(8)9)24-13-11-10-12-14-24/h10-14,22-23,25-26,28-29,31H,15-21H2,1-9H3,(H,43,52)(H,44,51)(H,45,49)(H,46,55)/t25?,26?,28-,29?,31?/m0/s1. The molecule has 14 nitrogen and oxygen atoms in total. The third-order valence-corrected chi connectivity index (χ3v) is 9.91. The summed E-state index contributed by atoms with van der Waals surface area (Å²) in [4.78, 5) is 96.3. The fourth-order valence-electron chi connectivity index (χ4n) is 6.55. The van der Waals surface area contributed by atoms with Crippen LogP contribution in [0.15, 0.2) is 30.3 Å². The fourth-order valence-corrected chi connectivity index (χ4v) is 6.55. The maximum Gasteiger partial charge on any atom is 0.427 e. The van der Waals surface area contributed by atoms with Crippen molar-refractivity contribution in [3.63, 3.8) is 0 Å². The van der Waals surface area contributed by atoms with Crippen molar-refractivity contribution in [2.75, 3.05) is 27.2 Å². The molecule has 2 aliphatic rings. The van der Waals surface area contributed by atoms with E-state index >= 15 is 0 Å². The van der Waals surface area contributed by atoms with Crippen molar-refractivity contribution in [2.24, 2.45) is 23.2 Å². The van der Waals surface area contributed by atoms with Crippen LogP contribution in [0.4, 0.5) is 18.0 Å². The van der Waals surface area contributed by atoms with Gasteiger partial charge in [0, 0.05) is 20.6 Å². The van der Waals surface area contributed by atoms with E-state index in [2.05, 4.69) is 26.0 Å². The molecule has 0 spiro atoms. The molecule has 1 saturated heterocycles. The minimum atomic E-state index is -4.89. The molecule has 312 valence electrons. The summed E-state index contributed by atoms with van der Waals surface area (Å²) in [6.45, 7) is 9.51. The Balaban J connectivity index is 1.79. The van der Waals surface area contributed by atoms with E-state index in [9.17, 15) is 46.7 Å². The van der Waals surface area contributed by atoms with Crippen molar-refractivity contribution < 1.29 is 51.5 Å². The molecule has 2 fully saturated rings. The molecule has 6 amide bonds. The highest BCUT2D eigenvalue weighted by atomic mass is 19.4. The van der Waals surface area contributed by atoms with Gasteiger partial charge in [0.05, 0.1) is 12.6 Å². The van der Waals surface area contributed by atoms with Crippen LogP contribution >= 0.6 is 0 Å². The zero-order chi connectivity index (χ0) is 42.3. The molecule has 1 aromatic carbocycles. The average molecular weight is 795 g/mol. The Kier molecular flexibility index (Phi) is 15.1. The lowest BCUT2D eigenvalue weighted by atomic mass is 9.85. The zero-order valence-corrected chi connectivity index (χ0v) is 33.7. The number of ketones is 1. The quantitative estimate of drug-likeness (QED) is 0.183. The topological polar surface area (TPSA) is 183 Å². The lowest BCUT2D eigenvalue weighted by Gasteiger charge is -2.37. The summed E-state index contributed by atoms with van der Waals surface area (Å²) >= 11 is 0. The number of nitrogens with one attached hydrogen (secondary N) is 4. The van der Waals surface area contributed by atoms with Crippen molar-refractivity contribution in [2.45, 2.75) is 117 Å². The second kappa shape index (κ2) is 18.5. The Morgan fingerprint density at radius 3 is 2.00 bits per heavy atom. The molecule has 17 heteroatoms. The molecule has 4 N–H and O–H groups in total. The molecule has 0 radical (unpaired) electrons. The predicted octanol–water partition coefficient (Wildman–Crippen LogP) is 3.65. The van der Waals surface area contributed by atoms with E-state index in [0.717, 1.165) is 12.8 Å². The van der Waals surface area contributed by atoms with Gasteiger partial charge in [0.2, 0.25) is 35.0 Å². The summed E-state index contributed by atoms with van der Waals surface area (Å²) < 4.78 is 45.1. The van der Waals surface area contributed by atoms with Crippen LogP contribution in [0.3, 0.4) is 0 Å². The van der Waals surface area contributed by atoms with Crippen LogP contribution in [0.2, 0.25) is 0 Å². The first kappa shape index (κ1) is 45.7. The molecule has 0 bridgehead atoms. The minimum absolute atomic E-state index is 0.0539. The number of amides is 6. The number of likely N-dealkylation sites (N-methyl/N-ethyl adjacent to an activating group) is 1. The number of alkyl halides is 3. The van der Waals surface area contributed by atoms with Gasteiger partial charge in [0.15, 0.2) is 0 Å². The molecule has 1 aliphatic heterocycles. The van der Waals surface area contributed by atoms with E-state index in [4.69, 9.17) is 0 Å². The Labute approximate surface area is 326 Å². The first-order valence-corrected chi connectivity index (χ1v) is 18.9. The van der Waals surface area contributed by atoms with Gasteiger partial charge in [-0.15, -0.1) is 0 Å². The Hall–Kier alpha value is -4.70. The summed E-state index contributed by atoms with van der Waals surface area (Å²) in [6.07, 6.45) is -3.77. The molecule has 0 aromatic heterocycles. The summed E-state index contributed by atoms with van der Waals surface area (Å²) in [6, 6.07) is 3.62. The molecule has 56 heavy (non-hydrogen) atoms. The van der Waals surface area contributed by atoms with Crippen LogP contribution < -0.4 is 21.3 Å². The number of hydrogen-bond donors (Lipinski definition) is 4. The minimum Gasteiger partial charge on any atom is -0.434 e. The highest BCUT2D eigenvalue weighted by Crippen LogP contribution is 2.36.